The molecule has 444 valence electrons. The Kier molecular flexibility index (Phi) is 21.3. The molecule has 79 heavy (non-hydrogen) atoms. The van der Waals surface area contributed by atoms with E-state index in [1.807, 2.05) is 98.5 Å². The van der Waals surface area contributed by atoms with Crippen molar-refractivity contribution in [3.8, 4) is 0 Å². The second-order valence-corrected chi connectivity index (χ2v) is 23.3. The number of carbonyl (C=O) groups excluding carboxylic acids is 3. The minimum Gasteiger partial charge on any atom is -0.499 e. The van der Waals surface area contributed by atoms with Gasteiger partial charge in [-0.2, -0.15) is 0 Å². The van der Waals surface area contributed by atoms with Gasteiger partial charge in [0.1, 0.15) is 24.4 Å². The third kappa shape index (κ3) is 14.5. The number of benzene rings is 1. The summed E-state index contributed by atoms with van der Waals surface area (Å²) in [6.45, 7) is 22.9. The number of allylic oxidation sites excluding steroid dienone is 1. The molecule has 18 atom stereocenters. The van der Waals surface area contributed by atoms with Gasteiger partial charge in [0.05, 0.1) is 66.0 Å². The fraction of sp³-hybridized carbons (Fsp3) is 0.741. The highest BCUT2D eigenvalue weighted by atomic mass is 16.8. The molecule has 0 bridgehead atoms. The van der Waals surface area contributed by atoms with E-state index in [2.05, 4.69) is 0 Å². The fourth-order valence-electron chi connectivity index (χ4n) is 12.5. The van der Waals surface area contributed by atoms with Crippen molar-refractivity contribution in [1.82, 2.24) is 14.4 Å². The number of fused-ring (bicyclic) bond motifs is 2. The molecule has 1 aromatic carbocycles. The molecule has 4 saturated heterocycles. The monoisotopic (exact) mass is 1120 g/mol. The molecule has 4 fully saturated rings. The zero-order chi connectivity index (χ0) is 58.5. The highest BCUT2D eigenvalue weighted by molar-refractivity contribution is 5.92. The Hall–Kier alpha value is -4.71. The second kappa shape index (κ2) is 26.5. The summed E-state index contributed by atoms with van der Waals surface area (Å²) in [5.41, 5.74) is -3.35. The van der Waals surface area contributed by atoms with Gasteiger partial charge in [-0.05, 0) is 132 Å². The number of esters is 2. The molecule has 4 aliphatic heterocycles. The molecule has 2 aromatic rings. The highest BCUT2D eigenvalue weighted by Crippen LogP contribution is 2.43. The number of ether oxygens (including phenoxy) is 11. The standard InChI is InChI=1S/C58H89N3O18/c1-17-44-58(12)50(78-55(67)79-58)36(7)60(15)30-32(3)28-56(10,68)49(77-54-48(74-38(9)62)43(59(13)14)26-33(4)72-54)34(5)47(35(6)53(66)75-44)76-45-29-57(11,69-16)51(37(8)73-45)71-25-24-70-23-19-20-39-21-22-42-40(27-39)46(63)41(52(64)65)31-61(42)18-2/h19,21-23,27,31-37,43-45,47-51,54,68H,17-18,20,24-26,28-30H2,1-16H3,(H,64,65)/b23-19-/t32-,33-,34+,35-,36-,37+,43+,44-,45+,47+,48-,49-,50?,51+,54+,56-,57-,58-/m1/s1. The average molecular weight is 1120 g/mol. The Bertz CT molecular complexity index is 2520. The smallest absolute Gasteiger partial charge is 0.499 e. The number of likely N-dealkylation sites (N-methyl/N-ethyl adjacent to an activating group) is 2. The molecule has 0 spiro atoms. The molecule has 5 heterocycles. The summed E-state index contributed by atoms with van der Waals surface area (Å²) in [6.07, 6.45) is -3.11. The van der Waals surface area contributed by atoms with E-state index < -0.39 is 119 Å². The Balaban J connectivity index is 1.25. The Morgan fingerprint density at radius 3 is 2.28 bits per heavy atom. The van der Waals surface area contributed by atoms with E-state index in [1.165, 1.54) is 13.1 Å². The van der Waals surface area contributed by atoms with E-state index in [4.69, 9.17) is 52.1 Å². The van der Waals surface area contributed by atoms with Crippen molar-refractivity contribution in [3.63, 3.8) is 0 Å². The zero-order valence-electron chi connectivity index (χ0n) is 49.3. The van der Waals surface area contributed by atoms with Gasteiger partial charge >= 0.3 is 24.1 Å². The van der Waals surface area contributed by atoms with Gasteiger partial charge in [-0.3, -0.25) is 19.3 Å². The third-order valence-electron chi connectivity index (χ3n) is 16.7. The summed E-state index contributed by atoms with van der Waals surface area (Å²) < 4.78 is 71.5. The molecule has 2 N–H and O–H groups in total. The number of methoxy groups -OCH3 is 1. The molecule has 21 nitrogen and oxygen atoms in total. The van der Waals surface area contributed by atoms with Crippen LogP contribution >= 0.6 is 0 Å². The summed E-state index contributed by atoms with van der Waals surface area (Å²) in [4.78, 5) is 69.4. The third-order valence-corrected chi connectivity index (χ3v) is 16.7. The molecule has 1 aromatic heterocycles. The van der Waals surface area contributed by atoms with E-state index in [0.29, 0.717) is 36.8 Å². The SMILES string of the molecule is CC[C@H]1OC(=O)[C@H](C)[C@@H](O[C@H]2C[C@@](C)(OC)[C@@H](OCCO/C=C\Cc3ccc4c(c3)c(=O)c(C(=O)O)cn4CC)[C@H](C)O2)[C@H](C)[C@@H](O[C@@H]2O[C@H](C)C[C@H](N(C)C)[C@H]2OC(C)=O)[C@](C)(O)C[C@@H](C)CN(C)[C@H](C)C2OC(=O)O[C@@]21C. The van der Waals surface area contributed by atoms with Crippen LogP contribution in [-0.4, -0.2) is 187 Å². The highest BCUT2D eigenvalue weighted by Gasteiger charge is 2.58. The topological polar surface area (TPSA) is 239 Å². The van der Waals surface area contributed by atoms with Gasteiger partial charge < -0.3 is 71.8 Å². The molecule has 1 unspecified atom stereocenters. The predicted molar refractivity (Wildman–Crippen MR) is 290 cm³/mol. The molecule has 0 amide bonds. The molecule has 0 radical (unpaired) electrons. The van der Waals surface area contributed by atoms with E-state index in [9.17, 15) is 34.2 Å². The summed E-state index contributed by atoms with van der Waals surface area (Å²) >= 11 is 0. The van der Waals surface area contributed by atoms with Crippen LogP contribution in [0, 0.1) is 17.8 Å². The van der Waals surface area contributed by atoms with Crippen LogP contribution < -0.4 is 5.43 Å². The first-order valence-corrected chi connectivity index (χ1v) is 27.9. The number of hydrogen-bond acceptors (Lipinski definition) is 19. The molecule has 6 rings (SSSR count). The van der Waals surface area contributed by atoms with Crippen molar-refractivity contribution in [2.45, 2.75) is 212 Å². The number of nitrogens with zero attached hydrogens (tertiary/aromatic N) is 3. The maximum atomic E-state index is 14.9. The summed E-state index contributed by atoms with van der Waals surface area (Å²) in [5, 5.41) is 23.0. The van der Waals surface area contributed by atoms with Gasteiger partial charge in [0.25, 0.3) is 0 Å². The second-order valence-electron chi connectivity index (χ2n) is 23.3. The molecule has 4 aliphatic rings. The number of aromatic carboxylic acids is 1. The molecular formula is C58H89N3O18. The number of pyridine rings is 1. The summed E-state index contributed by atoms with van der Waals surface area (Å²) in [6, 6.07) is 4.71. The van der Waals surface area contributed by atoms with Crippen LogP contribution in [0.2, 0.25) is 0 Å². The van der Waals surface area contributed by atoms with Crippen LogP contribution in [-0.2, 0) is 74.7 Å². The first-order chi connectivity index (χ1) is 37.1. The van der Waals surface area contributed by atoms with E-state index in [1.54, 1.807) is 50.9 Å². The maximum absolute atomic E-state index is 14.9. The molecule has 21 heteroatoms. The number of rotatable bonds is 17. The Labute approximate surface area is 465 Å². The van der Waals surface area contributed by atoms with Gasteiger partial charge in [0, 0.05) is 57.1 Å². The van der Waals surface area contributed by atoms with Crippen LogP contribution in [0.3, 0.4) is 0 Å². The van der Waals surface area contributed by atoms with Crippen molar-refractivity contribution in [3.05, 3.63) is 58.1 Å². The van der Waals surface area contributed by atoms with Gasteiger partial charge in [0.2, 0.25) is 5.43 Å². The number of carbonyl (C=O) groups is 4. The summed E-state index contributed by atoms with van der Waals surface area (Å²) in [5.74, 6) is -4.53. The largest absolute Gasteiger partial charge is 0.509 e. The van der Waals surface area contributed by atoms with E-state index >= 15 is 0 Å². The lowest BCUT2D eigenvalue weighted by Crippen LogP contribution is -2.61. The van der Waals surface area contributed by atoms with Crippen molar-refractivity contribution in [2.24, 2.45) is 17.8 Å². The predicted octanol–water partition coefficient (Wildman–Crippen LogP) is 6.48. The number of carboxylic acids is 1. The normalized spacial score (nSPS) is 37.2. The lowest BCUT2D eigenvalue weighted by molar-refractivity contribution is -0.321. The number of aromatic nitrogens is 1. The zero-order valence-corrected chi connectivity index (χ0v) is 49.3. The lowest BCUT2D eigenvalue weighted by atomic mass is 9.77. The van der Waals surface area contributed by atoms with Gasteiger partial charge in [0.15, 0.2) is 30.4 Å². The Morgan fingerprint density at radius 1 is 0.937 bits per heavy atom. The number of aliphatic hydroxyl groups is 1. The van der Waals surface area contributed by atoms with Gasteiger partial charge in [-0.1, -0.05) is 26.8 Å². The van der Waals surface area contributed by atoms with Crippen LogP contribution in [0.5, 0.6) is 0 Å². The fourth-order valence-corrected chi connectivity index (χ4v) is 12.5. The number of cyclic esters (lactones) is 1. The van der Waals surface area contributed by atoms with E-state index in [0.717, 1.165) is 5.56 Å². The van der Waals surface area contributed by atoms with Crippen molar-refractivity contribution in [2.75, 3.05) is 48.0 Å². The quantitative estimate of drug-likeness (QED) is 0.0745. The lowest BCUT2D eigenvalue weighted by Gasteiger charge is -2.49. The maximum Gasteiger partial charge on any atom is 0.509 e. The van der Waals surface area contributed by atoms with Crippen LogP contribution in [0.1, 0.15) is 125 Å². The Morgan fingerprint density at radius 2 is 1.65 bits per heavy atom. The number of hydrogen-bond donors (Lipinski definition) is 2. The minimum absolute atomic E-state index is 0.142. The van der Waals surface area contributed by atoms with Crippen LogP contribution in [0.25, 0.3) is 10.9 Å². The van der Waals surface area contributed by atoms with Gasteiger partial charge in [-0.25, -0.2) is 9.59 Å². The van der Waals surface area contributed by atoms with Gasteiger partial charge in [-0.15, -0.1) is 0 Å². The number of carboxylic acid groups (broad SMARTS) is 1. The van der Waals surface area contributed by atoms with Crippen LogP contribution in [0.15, 0.2) is 41.5 Å². The molecule has 0 aliphatic carbocycles. The van der Waals surface area contributed by atoms with Crippen molar-refractivity contribution >= 4 is 35.0 Å². The van der Waals surface area contributed by atoms with Crippen LogP contribution in [0.4, 0.5) is 4.79 Å². The minimum atomic E-state index is -1.64. The molecular weight excluding hydrogens is 1030 g/mol. The molecule has 0 saturated carbocycles. The summed E-state index contributed by atoms with van der Waals surface area (Å²) in [7, 11) is 7.27. The first-order valence-electron chi connectivity index (χ1n) is 27.9. The first kappa shape index (κ1) is 63.5. The average Bonchev–Trinajstić information content (AvgIpc) is 3.73. The van der Waals surface area contributed by atoms with Crippen molar-refractivity contribution in [1.29, 1.82) is 0 Å². The van der Waals surface area contributed by atoms with E-state index in [-0.39, 0.29) is 56.1 Å². The number of aryl methyl sites for hydroxylation is 1. The van der Waals surface area contributed by atoms with Crippen molar-refractivity contribution < 1.29 is 81.5 Å².